The summed E-state index contributed by atoms with van der Waals surface area (Å²) in [5.74, 6) is -0.216. The molecule has 0 saturated heterocycles. The van der Waals surface area contributed by atoms with Crippen molar-refractivity contribution in [3.63, 3.8) is 0 Å². The molecule has 19 heavy (non-hydrogen) atoms. The molecule has 0 bridgehead atoms. The summed E-state index contributed by atoms with van der Waals surface area (Å²) in [5, 5.41) is 2.77. The van der Waals surface area contributed by atoms with Gasteiger partial charge in [-0.3, -0.25) is 9.59 Å². The highest BCUT2D eigenvalue weighted by Crippen LogP contribution is 1.94. The number of carbonyl (C=O) groups excluding carboxylic acids is 1. The van der Waals surface area contributed by atoms with Crippen LogP contribution in [0.1, 0.15) is 36.5 Å². The maximum atomic E-state index is 11.7. The molecule has 106 valence electrons. The lowest BCUT2D eigenvalue weighted by Gasteiger charge is -2.06. The smallest absolute Gasteiger partial charge is 0.251 e. The summed E-state index contributed by atoms with van der Waals surface area (Å²) in [5.41, 5.74) is 0.213. The van der Waals surface area contributed by atoms with Crippen LogP contribution in [0, 0.1) is 0 Å². The van der Waals surface area contributed by atoms with Gasteiger partial charge in [-0.25, -0.2) is 0 Å². The van der Waals surface area contributed by atoms with Gasteiger partial charge in [-0.15, -0.1) is 0 Å². The molecule has 1 aromatic heterocycles. The van der Waals surface area contributed by atoms with Crippen LogP contribution in [0.5, 0.6) is 0 Å². The third kappa shape index (κ3) is 5.70. The lowest BCUT2D eigenvalue weighted by atomic mass is 10.2. The second kappa shape index (κ2) is 8.48. The number of amides is 1. The van der Waals surface area contributed by atoms with Crippen LogP contribution in [0.3, 0.4) is 0 Å². The summed E-state index contributed by atoms with van der Waals surface area (Å²) < 4.78 is 6.82. The Kier molecular flexibility index (Phi) is 6.89. The van der Waals surface area contributed by atoms with Gasteiger partial charge in [0.2, 0.25) is 0 Å². The second-order valence-corrected chi connectivity index (χ2v) is 4.44. The predicted octanol–water partition coefficient (Wildman–Crippen LogP) is 1.32. The fraction of sp³-hybridized carbons (Fsp3) is 0.571. The third-order valence-electron chi connectivity index (χ3n) is 2.76. The van der Waals surface area contributed by atoms with Crippen molar-refractivity contribution in [2.24, 2.45) is 7.05 Å². The van der Waals surface area contributed by atoms with E-state index in [0.29, 0.717) is 18.7 Å². The summed E-state index contributed by atoms with van der Waals surface area (Å²) in [4.78, 5) is 23.1. The van der Waals surface area contributed by atoms with Crippen LogP contribution in [0.15, 0.2) is 23.1 Å². The molecule has 0 radical (unpaired) electrons. The molecule has 1 heterocycles. The minimum absolute atomic E-state index is 0.185. The summed E-state index contributed by atoms with van der Waals surface area (Å²) in [6.45, 7) is 4.10. The van der Waals surface area contributed by atoms with E-state index in [0.717, 1.165) is 25.9 Å². The topological polar surface area (TPSA) is 60.3 Å². The minimum Gasteiger partial charge on any atom is -0.381 e. The first kappa shape index (κ1) is 15.4. The lowest BCUT2D eigenvalue weighted by molar-refractivity contribution is 0.0940. The number of ether oxygens (including phenoxy) is 1. The van der Waals surface area contributed by atoms with Crippen molar-refractivity contribution < 1.29 is 9.53 Å². The molecule has 5 heteroatoms. The Balaban J connectivity index is 2.24. The van der Waals surface area contributed by atoms with Crippen LogP contribution in [-0.2, 0) is 11.8 Å². The van der Waals surface area contributed by atoms with Gasteiger partial charge in [0.1, 0.15) is 0 Å². The number of hydrogen-bond acceptors (Lipinski definition) is 3. The van der Waals surface area contributed by atoms with Gasteiger partial charge in [0.25, 0.3) is 11.5 Å². The maximum absolute atomic E-state index is 11.7. The molecule has 0 saturated carbocycles. The first-order valence-electron chi connectivity index (χ1n) is 6.67. The van der Waals surface area contributed by atoms with Gasteiger partial charge in [0.05, 0.1) is 0 Å². The minimum atomic E-state index is -0.216. The highest BCUT2D eigenvalue weighted by molar-refractivity contribution is 5.93. The van der Waals surface area contributed by atoms with E-state index in [1.54, 1.807) is 19.3 Å². The standard InChI is InChI=1S/C14H22N2O3/c1-3-4-9-19-10-5-7-15-14(18)12-6-8-16(2)13(17)11-12/h6,8,11H,3-5,7,9-10H2,1-2H3,(H,15,18). The van der Waals surface area contributed by atoms with Gasteiger partial charge < -0.3 is 14.6 Å². The van der Waals surface area contributed by atoms with Crippen molar-refractivity contribution >= 4 is 5.91 Å². The molecular formula is C14H22N2O3. The Labute approximate surface area is 113 Å². The molecule has 0 aliphatic rings. The zero-order valence-electron chi connectivity index (χ0n) is 11.6. The average molecular weight is 266 g/mol. The van der Waals surface area contributed by atoms with Crippen molar-refractivity contribution in [2.75, 3.05) is 19.8 Å². The number of nitrogens with zero attached hydrogens (tertiary/aromatic N) is 1. The SMILES string of the molecule is CCCCOCCCNC(=O)c1ccn(C)c(=O)c1. The quantitative estimate of drug-likeness (QED) is 0.722. The largest absolute Gasteiger partial charge is 0.381 e. The van der Waals surface area contributed by atoms with Crippen LogP contribution in [0.4, 0.5) is 0 Å². The van der Waals surface area contributed by atoms with Gasteiger partial charge in [0.15, 0.2) is 0 Å². The Morgan fingerprint density at radius 3 is 2.79 bits per heavy atom. The first-order chi connectivity index (χ1) is 9.15. The number of nitrogens with one attached hydrogen (secondary N) is 1. The number of pyridine rings is 1. The van der Waals surface area contributed by atoms with E-state index < -0.39 is 0 Å². The summed E-state index contributed by atoms with van der Waals surface area (Å²) >= 11 is 0. The Morgan fingerprint density at radius 2 is 2.11 bits per heavy atom. The van der Waals surface area contributed by atoms with E-state index in [1.165, 1.54) is 10.6 Å². The number of aromatic nitrogens is 1. The lowest BCUT2D eigenvalue weighted by Crippen LogP contribution is -2.27. The van der Waals surface area contributed by atoms with E-state index >= 15 is 0 Å². The maximum Gasteiger partial charge on any atom is 0.251 e. The summed E-state index contributed by atoms with van der Waals surface area (Å²) in [6, 6.07) is 2.97. The van der Waals surface area contributed by atoms with Gasteiger partial charge in [-0.1, -0.05) is 13.3 Å². The number of rotatable bonds is 8. The zero-order valence-corrected chi connectivity index (χ0v) is 11.6. The van der Waals surface area contributed by atoms with Crippen LogP contribution >= 0.6 is 0 Å². The highest BCUT2D eigenvalue weighted by atomic mass is 16.5. The predicted molar refractivity (Wildman–Crippen MR) is 74.4 cm³/mol. The molecule has 1 N–H and O–H groups in total. The van der Waals surface area contributed by atoms with E-state index in [1.807, 2.05) is 0 Å². The molecule has 0 aliphatic heterocycles. The van der Waals surface area contributed by atoms with Crippen LogP contribution in [0.25, 0.3) is 0 Å². The molecule has 0 aromatic carbocycles. The zero-order chi connectivity index (χ0) is 14.1. The molecule has 0 atom stereocenters. The number of unbranched alkanes of at least 4 members (excludes halogenated alkanes) is 1. The fourth-order valence-electron chi connectivity index (χ4n) is 1.52. The number of carbonyl (C=O) groups is 1. The number of aryl methyl sites for hydroxylation is 1. The van der Waals surface area contributed by atoms with Crippen molar-refractivity contribution in [3.8, 4) is 0 Å². The molecule has 1 rings (SSSR count). The number of hydrogen-bond donors (Lipinski definition) is 1. The highest BCUT2D eigenvalue weighted by Gasteiger charge is 2.05. The van der Waals surface area contributed by atoms with Crippen LogP contribution in [0.2, 0.25) is 0 Å². The monoisotopic (exact) mass is 266 g/mol. The van der Waals surface area contributed by atoms with Gasteiger partial charge in [-0.2, -0.15) is 0 Å². The fourth-order valence-corrected chi connectivity index (χ4v) is 1.52. The molecule has 0 unspecified atom stereocenters. The first-order valence-corrected chi connectivity index (χ1v) is 6.67. The molecule has 1 amide bonds. The van der Waals surface area contributed by atoms with Gasteiger partial charge in [0, 0.05) is 44.6 Å². The van der Waals surface area contributed by atoms with E-state index in [4.69, 9.17) is 4.74 Å². The third-order valence-corrected chi connectivity index (χ3v) is 2.76. The molecule has 0 spiro atoms. The molecule has 1 aromatic rings. The van der Waals surface area contributed by atoms with Crippen molar-refractivity contribution in [1.29, 1.82) is 0 Å². The van der Waals surface area contributed by atoms with Crippen molar-refractivity contribution in [3.05, 3.63) is 34.2 Å². The Bertz CT molecular complexity index is 454. The van der Waals surface area contributed by atoms with Gasteiger partial charge >= 0.3 is 0 Å². The van der Waals surface area contributed by atoms with E-state index in [9.17, 15) is 9.59 Å². The normalized spacial score (nSPS) is 10.4. The van der Waals surface area contributed by atoms with E-state index in [2.05, 4.69) is 12.2 Å². The molecule has 0 aliphatic carbocycles. The summed E-state index contributed by atoms with van der Waals surface area (Å²) in [6.07, 6.45) is 4.56. The molecule has 5 nitrogen and oxygen atoms in total. The Morgan fingerprint density at radius 1 is 1.37 bits per heavy atom. The Hall–Kier alpha value is -1.62. The molecule has 0 fully saturated rings. The molecular weight excluding hydrogens is 244 g/mol. The summed E-state index contributed by atoms with van der Waals surface area (Å²) in [7, 11) is 1.65. The van der Waals surface area contributed by atoms with Crippen LogP contribution < -0.4 is 10.9 Å². The van der Waals surface area contributed by atoms with Crippen molar-refractivity contribution in [1.82, 2.24) is 9.88 Å². The van der Waals surface area contributed by atoms with Gasteiger partial charge in [-0.05, 0) is 18.9 Å². The van der Waals surface area contributed by atoms with Crippen LogP contribution in [-0.4, -0.2) is 30.2 Å². The van der Waals surface area contributed by atoms with Crippen molar-refractivity contribution in [2.45, 2.75) is 26.2 Å². The second-order valence-electron chi connectivity index (χ2n) is 4.44. The average Bonchev–Trinajstić information content (AvgIpc) is 2.40. The van der Waals surface area contributed by atoms with E-state index in [-0.39, 0.29) is 11.5 Å².